The highest BCUT2D eigenvalue weighted by Crippen LogP contribution is 2.09. The maximum absolute atomic E-state index is 11.7. The molecule has 0 aromatic heterocycles. The van der Waals surface area contributed by atoms with Gasteiger partial charge in [0.2, 0.25) is 0 Å². The lowest BCUT2D eigenvalue weighted by Gasteiger charge is -2.24. The van der Waals surface area contributed by atoms with Gasteiger partial charge in [0.05, 0.1) is 19.3 Å². The number of ketones is 1. The van der Waals surface area contributed by atoms with Crippen molar-refractivity contribution in [3.63, 3.8) is 0 Å². The van der Waals surface area contributed by atoms with Gasteiger partial charge in [-0.25, -0.2) is 4.79 Å². The summed E-state index contributed by atoms with van der Waals surface area (Å²) in [6.07, 6.45) is 0.975. The Morgan fingerprint density at radius 3 is 2.37 bits per heavy atom. The first-order valence-corrected chi connectivity index (χ1v) is 6.05. The molecule has 0 rings (SSSR count). The van der Waals surface area contributed by atoms with Crippen LogP contribution in [0.5, 0.6) is 0 Å². The molecule has 0 aromatic carbocycles. The first kappa shape index (κ1) is 17.4. The van der Waals surface area contributed by atoms with Crippen molar-refractivity contribution in [1.82, 2.24) is 5.32 Å². The molecule has 0 aliphatic rings. The summed E-state index contributed by atoms with van der Waals surface area (Å²) in [4.78, 5) is 23.0. The molecule has 108 valence electrons. The van der Waals surface area contributed by atoms with Crippen molar-refractivity contribution < 1.29 is 19.1 Å². The van der Waals surface area contributed by atoms with E-state index >= 15 is 0 Å². The number of carbonyl (C=O) groups is 2. The van der Waals surface area contributed by atoms with E-state index in [0.29, 0.717) is 6.61 Å². The molecule has 0 saturated carbocycles. The Morgan fingerprint density at radius 1 is 1.37 bits per heavy atom. The molecule has 0 aliphatic heterocycles. The van der Waals surface area contributed by atoms with Crippen LogP contribution in [0.2, 0.25) is 0 Å². The van der Waals surface area contributed by atoms with Gasteiger partial charge in [-0.1, -0.05) is 12.7 Å². The Hall–Kier alpha value is -1.62. The molecular formula is C14H23NO4. The van der Waals surface area contributed by atoms with Crippen LogP contribution >= 0.6 is 0 Å². The van der Waals surface area contributed by atoms with Crippen LogP contribution in [0.25, 0.3) is 0 Å². The highest BCUT2D eigenvalue weighted by Gasteiger charge is 2.22. The Kier molecular flexibility index (Phi) is 7.08. The number of nitrogens with one attached hydrogen (secondary N) is 1. The number of alkyl carbamates (subject to hydrolysis) is 1. The average Bonchev–Trinajstić information content (AvgIpc) is 2.24. The molecule has 0 radical (unpaired) electrons. The SMILES string of the molecule is C=CCOC[C@H](NC(=O)OC(C)(C)C)C(=C)C(C)=O. The second kappa shape index (κ2) is 7.74. The topological polar surface area (TPSA) is 64.6 Å². The van der Waals surface area contributed by atoms with Crippen molar-refractivity contribution >= 4 is 11.9 Å². The van der Waals surface area contributed by atoms with Crippen LogP contribution in [0.1, 0.15) is 27.7 Å². The summed E-state index contributed by atoms with van der Waals surface area (Å²) in [5.41, 5.74) is -0.330. The highest BCUT2D eigenvalue weighted by atomic mass is 16.6. The number of Topliss-reactive ketones (excluding diaryl/α,β-unsaturated/α-hetero) is 1. The van der Waals surface area contributed by atoms with Gasteiger partial charge < -0.3 is 14.8 Å². The maximum atomic E-state index is 11.7. The van der Waals surface area contributed by atoms with E-state index in [4.69, 9.17) is 9.47 Å². The molecule has 0 bridgehead atoms. The zero-order valence-corrected chi connectivity index (χ0v) is 12.1. The number of rotatable bonds is 7. The molecule has 0 saturated heterocycles. The maximum Gasteiger partial charge on any atom is 0.408 e. The molecule has 0 unspecified atom stereocenters. The van der Waals surface area contributed by atoms with E-state index in [0.717, 1.165) is 0 Å². The molecular weight excluding hydrogens is 246 g/mol. The Morgan fingerprint density at radius 2 is 1.95 bits per heavy atom. The van der Waals surface area contributed by atoms with E-state index in [2.05, 4.69) is 18.5 Å². The van der Waals surface area contributed by atoms with E-state index < -0.39 is 17.7 Å². The summed E-state index contributed by atoms with van der Waals surface area (Å²) in [7, 11) is 0. The molecule has 0 aromatic rings. The summed E-state index contributed by atoms with van der Waals surface area (Å²) in [5.74, 6) is -0.205. The van der Waals surface area contributed by atoms with Gasteiger partial charge >= 0.3 is 6.09 Å². The van der Waals surface area contributed by atoms with Crippen molar-refractivity contribution in [3.05, 3.63) is 24.8 Å². The van der Waals surface area contributed by atoms with E-state index in [9.17, 15) is 9.59 Å². The first-order valence-electron chi connectivity index (χ1n) is 6.05. The molecule has 19 heavy (non-hydrogen) atoms. The van der Waals surface area contributed by atoms with E-state index in [-0.39, 0.29) is 18.0 Å². The molecule has 1 N–H and O–H groups in total. The first-order chi connectivity index (χ1) is 8.67. The van der Waals surface area contributed by atoms with Crippen LogP contribution in [-0.2, 0) is 14.3 Å². The Bertz CT molecular complexity index is 355. The third-order valence-corrected chi connectivity index (χ3v) is 2.08. The molecule has 5 nitrogen and oxygen atoms in total. The fraction of sp³-hybridized carbons (Fsp3) is 0.571. The second-order valence-corrected chi connectivity index (χ2v) is 5.11. The lowest BCUT2D eigenvalue weighted by molar-refractivity contribution is -0.114. The molecule has 0 aliphatic carbocycles. The van der Waals surface area contributed by atoms with Crippen molar-refractivity contribution in [3.8, 4) is 0 Å². The molecule has 0 heterocycles. The monoisotopic (exact) mass is 269 g/mol. The van der Waals surface area contributed by atoms with Gasteiger partial charge in [-0.05, 0) is 27.7 Å². The minimum Gasteiger partial charge on any atom is -0.444 e. The fourth-order valence-electron chi connectivity index (χ4n) is 1.19. The summed E-state index contributed by atoms with van der Waals surface area (Å²) in [6.45, 7) is 14.3. The van der Waals surface area contributed by atoms with Crippen LogP contribution in [0.3, 0.4) is 0 Å². The lowest BCUT2D eigenvalue weighted by atomic mass is 10.1. The van der Waals surface area contributed by atoms with Crippen molar-refractivity contribution in [1.29, 1.82) is 0 Å². The standard InChI is InChI=1S/C14H23NO4/c1-7-8-18-9-12(10(2)11(3)16)15-13(17)19-14(4,5)6/h7,12H,1-2,8-9H2,3-6H3,(H,15,17)/t12-/m0/s1. The van der Waals surface area contributed by atoms with E-state index in [1.54, 1.807) is 26.8 Å². The van der Waals surface area contributed by atoms with Crippen LogP contribution in [0.4, 0.5) is 4.79 Å². The summed E-state index contributed by atoms with van der Waals surface area (Å²) < 4.78 is 10.4. The molecule has 1 amide bonds. The third-order valence-electron chi connectivity index (χ3n) is 2.08. The molecule has 1 atom stereocenters. The smallest absolute Gasteiger partial charge is 0.408 e. The van der Waals surface area contributed by atoms with Crippen molar-refractivity contribution in [2.75, 3.05) is 13.2 Å². The van der Waals surface area contributed by atoms with Gasteiger partial charge in [0.15, 0.2) is 5.78 Å². The third kappa shape index (κ3) is 8.15. The largest absolute Gasteiger partial charge is 0.444 e. The highest BCUT2D eigenvalue weighted by molar-refractivity contribution is 5.94. The quantitative estimate of drug-likeness (QED) is 0.437. The normalized spacial score (nSPS) is 12.4. The van der Waals surface area contributed by atoms with Gasteiger partial charge in [0.1, 0.15) is 5.60 Å². The van der Waals surface area contributed by atoms with E-state index in [1.807, 2.05) is 0 Å². The minimum atomic E-state index is -0.609. The summed E-state index contributed by atoms with van der Waals surface area (Å²) >= 11 is 0. The summed E-state index contributed by atoms with van der Waals surface area (Å²) in [6, 6.07) is -0.604. The molecule has 0 spiro atoms. The zero-order valence-electron chi connectivity index (χ0n) is 12.1. The number of ether oxygens (including phenoxy) is 2. The number of hydrogen-bond donors (Lipinski definition) is 1. The van der Waals surface area contributed by atoms with Crippen LogP contribution < -0.4 is 5.32 Å². The zero-order chi connectivity index (χ0) is 15.1. The van der Waals surface area contributed by atoms with Gasteiger partial charge in [0.25, 0.3) is 0 Å². The van der Waals surface area contributed by atoms with Gasteiger partial charge in [-0.15, -0.1) is 6.58 Å². The average molecular weight is 269 g/mol. The predicted molar refractivity (Wildman–Crippen MR) is 74.0 cm³/mol. The van der Waals surface area contributed by atoms with Crippen LogP contribution in [0.15, 0.2) is 24.8 Å². The van der Waals surface area contributed by atoms with Crippen LogP contribution in [-0.4, -0.2) is 36.7 Å². The van der Waals surface area contributed by atoms with Gasteiger partial charge in [0, 0.05) is 5.57 Å². The van der Waals surface area contributed by atoms with Crippen molar-refractivity contribution in [2.24, 2.45) is 0 Å². The minimum absolute atomic E-state index is 0.143. The predicted octanol–water partition coefficient (Wildman–Crippen LogP) is 2.23. The molecule has 0 fully saturated rings. The van der Waals surface area contributed by atoms with Gasteiger partial charge in [-0.3, -0.25) is 4.79 Å². The van der Waals surface area contributed by atoms with Gasteiger partial charge in [-0.2, -0.15) is 0 Å². The summed E-state index contributed by atoms with van der Waals surface area (Å²) in [5, 5.41) is 2.57. The number of amides is 1. The Balaban J connectivity index is 4.57. The van der Waals surface area contributed by atoms with E-state index in [1.165, 1.54) is 6.92 Å². The number of hydrogen-bond acceptors (Lipinski definition) is 4. The van der Waals surface area contributed by atoms with Crippen LogP contribution in [0, 0.1) is 0 Å². The van der Waals surface area contributed by atoms with Crippen molar-refractivity contribution in [2.45, 2.75) is 39.3 Å². The second-order valence-electron chi connectivity index (χ2n) is 5.11. The molecule has 5 heteroatoms. The Labute approximate surface area is 114 Å². The number of carbonyl (C=O) groups excluding carboxylic acids is 2. The lowest BCUT2D eigenvalue weighted by Crippen LogP contribution is -2.43. The fourth-order valence-corrected chi connectivity index (χ4v) is 1.19.